The molecule has 2 rings (SSSR count). The molecule has 35 heavy (non-hydrogen) atoms. The summed E-state index contributed by atoms with van der Waals surface area (Å²) in [5, 5.41) is 4.97. The van der Waals surface area contributed by atoms with E-state index in [4.69, 9.17) is 14.2 Å². The van der Waals surface area contributed by atoms with Gasteiger partial charge in [-0.05, 0) is 23.5 Å². The Morgan fingerprint density at radius 3 is 1.83 bits per heavy atom. The van der Waals surface area contributed by atoms with Crippen molar-refractivity contribution in [2.75, 3.05) is 7.11 Å². The van der Waals surface area contributed by atoms with E-state index in [-0.39, 0.29) is 19.1 Å². The summed E-state index contributed by atoms with van der Waals surface area (Å²) in [6.45, 7) is 3.78. The van der Waals surface area contributed by atoms with Crippen LogP contribution >= 0.6 is 0 Å². The normalized spacial score (nSPS) is 12.2. The highest BCUT2D eigenvalue weighted by atomic mass is 16.6. The number of benzene rings is 2. The number of nitrogens with one attached hydrogen (secondary N) is 2. The Labute approximate surface area is 205 Å². The maximum atomic E-state index is 13.0. The van der Waals surface area contributed by atoms with Crippen LogP contribution in [0.3, 0.4) is 0 Å². The summed E-state index contributed by atoms with van der Waals surface area (Å²) < 4.78 is 15.2. The van der Waals surface area contributed by atoms with E-state index in [0.29, 0.717) is 6.42 Å². The van der Waals surface area contributed by atoms with Gasteiger partial charge < -0.3 is 24.8 Å². The number of esters is 2. The highest BCUT2D eigenvalue weighted by molar-refractivity contribution is 5.92. The lowest BCUT2D eigenvalue weighted by molar-refractivity contribution is -0.148. The van der Waals surface area contributed by atoms with E-state index in [0.717, 1.165) is 11.1 Å². The van der Waals surface area contributed by atoms with Crippen molar-refractivity contribution >= 4 is 23.9 Å². The van der Waals surface area contributed by atoms with Crippen molar-refractivity contribution in [2.24, 2.45) is 5.92 Å². The van der Waals surface area contributed by atoms with Gasteiger partial charge in [0.2, 0.25) is 5.91 Å². The van der Waals surface area contributed by atoms with E-state index in [1.165, 1.54) is 7.11 Å². The van der Waals surface area contributed by atoms with Gasteiger partial charge >= 0.3 is 18.0 Å². The third-order valence-corrected chi connectivity index (χ3v) is 4.94. The Bertz CT molecular complexity index is 907. The smallest absolute Gasteiger partial charge is 0.408 e. The molecule has 2 atom stereocenters. The molecule has 0 saturated carbocycles. The molecule has 0 heterocycles. The summed E-state index contributed by atoms with van der Waals surface area (Å²) in [6, 6.07) is 15.8. The Morgan fingerprint density at radius 2 is 1.31 bits per heavy atom. The molecule has 0 aliphatic carbocycles. The number of ether oxygens (including phenoxy) is 3. The standard InChI is InChI=1S/C26H32N2O7/c1-18(2)14-22(25(31)33-3)27-24(30)21(15-23(29)34-16-19-10-6-4-7-11-19)28-26(32)35-17-20-12-8-5-9-13-20/h4-13,18,21-22H,14-17H2,1-3H3,(H,27,30)(H,28,32)/t21-,22-/m0/s1. The van der Waals surface area contributed by atoms with Gasteiger partial charge in [0.15, 0.2) is 0 Å². The molecule has 2 N–H and O–H groups in total. The van der Waals surface area contributed by atoms with Crippen LogP contribution in [0.4, 0.5) is 4.79 Å². The monoisotopic (exact) mass is 484 g/mol. The fourth-order valence-corrected chi connectivity index (χ4v) is 3.18. The molecule has 0 fully saturated rings. The molecule has 0 unspecified atom stereocenters. The number of rotatable bonds is 12. The maximum absolute atomic E-state index is 13.0. The van der Waals surface area contributed by atoms with E-state index in [1.807, 2.05) is 38.1 Å². The molecular formula is C26H32N2O7. The molecular weight excluding hydrogens is 452 g/mol. The number of hydrogen-bond acceptors (Lipinski definition) is 7. The van der Waals surface area contributed by atoms with Gasteiger partial charge in [-0.25, -0.2) is 9.59 Å². The zero-order valence-electron chi connectivity index (χ0n) is 20.2. The third-order valence-electron chi connectivity index (χ3n) is 4.94. The highest BCUT2D eigenvalue weighted by Gasteiger charge is 2.30. The largest absolute Gasteiger partial charge is 0.467 e. The minimum Gasteiger partial charge on any atom is -0.467 e. The Hall–Kier alpha value is -3.88. The number of alkyl carbamates (subject to hydrolysis) is 1. The SMILES string of the molecule is COC(=O)[C@H](CC(C)C)NC(=O)[C@H](CC(=O)OCc1ccccc1)NC(=O)OCc1ccccc1. The number of amides is 2. The zero-order chi connectivity index (χ0) is 25.6. The van der Waals surface area contributed by atoms with Crippen LogP contribution in [0.1, 0.15) is 37.8 Å². The molecule has 2 aromatic carbocycles. The molecule has 188 valence electrons. The van der Waals surface area contributed by atoms with Crippen LogP contribution in [0.2, 0.25) is 0 Å². The van der Waals surface area contributed by atoms with Crippen molar-refractivity contribution in [2.45, 2.75) is 52.0 Å². The van der Waals surface area contributed by atoms with E-state index >= 15 is 0 Å². The molecule has 2 amide bonds. The summed E-state index contributed by atoms with van der Waals surface area (Å²) in [7, 11) is 1.22. The van der Waals surface area contributed by atoms with Gasteiger partial charge in [0.05, 0.1) is 13.5 Å². The Kier molecular flexibility index (Phi) is 11.3. The van der Waals surface area contributed by atoms with Gasteiger partial charge in [-0.1, -0.05) is 74.5 Å². The van der Waals surface area contributed by atoms with E-state index in [9.17, 15) is 19.2 Å². The second-order valence-corrected chi connectivity index (χ2v) is 8.32. The van der Waals surface area contributed by atoms with Gasteiger partial charge in [-0.15, -0.1) is 0 Å². The van der Waals surface area contributed by atoms with Crippen LogP contribution in [0.5, 0.6) is 0 Å². The minimum atomic E-state index is -1.32. The molecule has 0 bridgehead atoms. The van der Waals surface area contributed by atoms with Crippen LogP contribution in [0, 0.1) is 5.92 Å². The third kappa shape index (κ3) is 10.3. The lowest BCUT2D eigenvalue weighted by Gasteiger charge is -2.22. The zero-order valence-corrected chi connectivity index (χ0v) is 20.2. The number of carbonyl (C=O) groups excluding carboxylic acids is 4. The Morgan fingerprint density at radius 1 is 0.771 bits per heavy atom. The predicted octanol–water partition coefficient (Wildman–Crippen LogP) is 3.12. The highest BCUT2D eigenvalue weighted by Crippen LogP contribution is 2.09. The first-order chi connectivity index (χ1) is 16.8. The van der Waals surface area contributed by atoms with E-state index in [1.54, 1.807) is 36.4 Å². The summed E-state index contributed by atoms with van der Waals surface area (Å²) in [4.78, 5) is 50.0. The average Bonchev–Trinajstić information content (AvgIpc) is 2.86. The van der Waals surface area contributed by atoms with Crippen molar-refractivity contribution in [3.63, 3.8) is 0 Å². The average molecular weight is 485 g/mol. The van der Waals surface area contributed by atoms with E-state index in [2.05, 4.69) is 10.6 Å². The van der Waals surface area contributed by atoms with Crippen LogP contribution in [-0.2, 0) is 41.8 Å². The second kappa shape index (κ2) is 14.4. The number of hydrogen-bond donors (Lipinski definition) is 2. The van der Waals surface area contributed by atoms with Crippen molar-refractivity contribution in [1.29, 1.82) is 0 Å². The van der Waals surface area contributed by atoms with Crippen molar-refractivity contribution in [3.05, 3.63) is 71.8 Å². The molecule has 0 spiro atoms. The molecule has 0 aromatic heterocycles. The molecule has 0 aliphatic heterocycles. The quantitative estimate of drug-likeness (QED) is 0.351. The summed E-state index contributed by atoms with van der Waals surface area (Å²) in [5.74, 6) is -1.97. The molecule has 0 saturated heterocycles. The van der Waals surface area contributed by atoms with Gasteiger partial charge in [-0.2, -0.15) is 0 Å². The van der Waals surface area contributed by atoms with Crippen molar-refractivity contribution in [1.82, 2.24) is 10.6 Å². The van der Waals surface area contributed by atoms with Gasteiger partial charge in [0.25, 0.3) is 0 Å². The van der Waals surface area contributed by atoms with Crippen molar-refractivity contribution in [3.8, 4) is 0 Å². The predicted molar refractivity (Wildman–Crippen MR) is 128 cm³/mol. The van der Waals surface area contributed by atoms with Crippen LogP contribution in [-0.4, -0.2) is 43.1 Å². The van der Waals surface area contributed by atoms with Gasteiger partial charge in [0, 0.05) is 0 Å². The number of methoxy groups -OCH3 is 1. The Balaban J connectivity index is 2.05. The minimum absolute atomic E-state index is 0.0163. The first-order valence-electron chi connectivity index (χ1n) is 11.3. The number of carbonyl (C=O) groups is 4. The maximum Gasteiger partial charge on any atom is 0.408 e. The summed E-state index contributed by atoms with van der Waals surface area (Å²) in [6.07, 6.45) is -1.01. The first kappa shape index (κ1) is 27.4. The molecule has 2 aromatic rings. The van der Waals surface area contributed by atoms with Crippen LogP contribution in [0.15, 0.2) is 60.7 Å². The fourth-order valence-electron chi connectivity index (χ4n) is 3.18. The molecule has 0 aliphatic rings. The second-order valence-electron chi connectivity index (χ2n) is 8.32. The first-order valence-corrected chi connectivity index (χ1v) is 11.3. The molecule has 9 nitrogen and oxygen atoms in total. The van der Waals surface area contributed by atoms with Crippen LogP contribution in [0.25, 0.3) is 0 Å². The van der Waals surface area contributed by atoms with Crippen LogP contribution < -0.4 is 10.6 Å². The topological polar surface area (TPSA) is 120 Å². The lowest BCUT2D eigenvalue weighted by atomic mass is 10.0. The van der Waals surface area contributed by atoms with Gasteiger partial charge in [0.1, 0.15) is 25.3 Å². The lowest BCUT2D eigenvalue weighted by Crippen LogP contribution is -2.53. The fraction of sp³-hybridized carbons (Fsp3) is 0.385. The molecule has 9 heteroatoms. The summed E-state index contributed by atoms with van der Waals surface area (Å²) >= 11 is 0. The van der Waals surface area contributed by atoms with Crippen molar-refractivity contribution < 1.29 is 33.4 Å². The van der Waals surface area contributed by atoms with E-state index < -0.39 is 42.4 Å². The molecule has 0 radical (unpaired) electrons. The summed E-state index contributed by atoms with van der Waals surface area (Å²) in [5.41, 5.74) is 1.54. The van der Waals surface area contributed by atoms with Gasteiger partial charge in [-0.3, -0.25) is 9.59 Å².